The van der Waals surface area contributed by atoms with Crippen LogP contribution in [0.15, 0.2) is 5.38 Å². The molecular weight excluding hydrogens is 192 g/mol. The second-order valence-electron chi connectivity index (χ2n) is 4.10. The number of thiazole rings is 1. The Morgan fingerprint density at radius 1 is 1.50 bits per heavy atom. The summed E-state index contributed by atoms with van der Waals surface area (Å²) < 4.78 is 0. The predicted octanol–water partition coefficient (Wildman–Crippen LogP) is 2.98. The number of aryl methyl sites for hydroxylation is 1. The highest BCUT2D eigenvalue weighted by atomic mass is 32.1. The maximum Gasteiger partial charge on any atom is 0.107 e. The van der Waals surface area contributed by atoms with Crippen LogP contribution in [-0.4, -0.2) is 11.5 Å². The highest BCUT2D eigenvalue weighted by molar-refractivity contribution is 7.09. The van der Waals surface area contributed by atoms with Crippen LogP contribution in [0.1, 0.15) is 37.4 Å². The molecule has 0 aromatic carbocycles. The van der Waals surface area contributed by atoms with Crippen molar-refractivity contribution in [2.45, 2.75) is 40.2 Å². The zero-order valence-electron chi connectivity index (χ0n) is 9.34. The van der Waals surface area contributed by atoms with Crippen molar-refractivity contribution >= 4 is 11.3 Å². The Bertz CT molecular complexity index is 256. The Balaban J connectivity index is 2.04. The molecule has 0 bridgehead atoms. The largest absolute Gasteiger partial charge is 0.310 e. The lowest BCUT2D eigenvalue weighted by Gasteiger charge is -2.04. The highest BCUT2D eigenvalue weighted by Crippen LogP contribution is 2.08. The topological polar surface area (TPSA) is 24.9 Å². The number of nitrogens with zero attached hydrogens (tertiary/aromatic N) is 1. The molecule has 1 heterocycles. The van der Waals surface area contributed by atoms with Gasteiger partial charge in [-0.1, -0.05) is 13.8 Å². The van der Waals surface area contributed by atoms with Crippen LogP contribution in [0, 0.1) is 12.8 Å². The number of hydrogen-bond acceptors (Lipinski definition) is 3. The summed E-state index contributed by atoms with van der Waals surface area (Å²) in [5.41, 5.74) is 1.13. The van der Waals surface area contributed by atoms with Crippen LogP contribution in [0.2, 0.25) is 0 Å². The molecular formula is C11H20N2S. The van der Waals surface area contributed by atoms with E-state index < -0.39 is 0 Å². The van der Waals surface area contributed by atoms with Gasteiger partial charge in [0, 0.05) is 17.6 Å². The fourth-order valence-electron chi connectivity index (χ4n) is 1.31. The maximum absolute atomic E-state index is 4.40. The van der Waals surface area contributed by atoms with Crippen LogP contribution in [0.4, 0.5) is 0 Å². The number of aromatic nitrogens is 1. The number of nitrogens with one attached hydrogen (secondary N) is 1. The lowest BCUT2D eigenvalue weighted by molar-refractivity contribution is 0.527. The van der Waals surface area contributed by atoms with Crippen molar-refractivity contribution in [1.82, 2.24) is 10.3 Å². The van der Waals surface area contributed by atoms with Crippen LogP contribution < -0.4 is 5.32 Å². The first-order valence-electron chi connectivity index (χ1n) is 5.30. The van der Waals surface area contributed by atoms with Crippen molar-refractivity contribution in [2.75, 3.05) is 6.54 Å². The maximum atomic E-state index is 4.40. The van der Waals surface area contributed by atoms with E-state index >= 15 is 0 Å². The normalized spacial score (nSPS) is 11.1. The quantitative estimate of drug-likeness (QED) is 0.733. The summed E-state index contributed by atoms with van der Waals surface area (Å²) in [6, 6.07) is 0. The van der Waals surface area contributed by atoms with Gasteiger partial charge in [-0.25, -0.2) is 4.98 Å². The third-order valence-corrected chi connectivity index (χ3v) is 3.04. The van der Waals surface area contributed by atoms with E-state index in [1.807, 2.05) is 6.92 Å². The molecule has 0 radical (unpaired) electrons. The summed E-state index contributed by atoms with van der Waals surface area (Å²) in [7, 11) is 0. The number of rotatable bonds is 6. The lowest BCUT2D eigenvalue weighted by Crippen LogP contribution is -2.15. The smallest absolute Gasteiger partial charge is 0.107 e. The van der Waals surface area contributed by atoms with Crippen molar-refractivity contribution in [3.05, 3.63) is 16.1 Å². The van der Waals surface area contributed by atoms with Crippen molar-refractivity contribution in [2.24, 2.45) is 5.92 Å². The molecule has 0 fully saturated rings. The monoisotopic (exact) mass is 212 g/mol. The van der Waals surface area contributed by atoms with Crippen molar-refractivity contribution in [3.8, 4) is 0 Å². The Morgan fingerprint density at radius 3 is 2.86 bits per heavy atom. The average molecular weight is 212 g/mol. The zero-order chi connectivity index (χ0) is 10.4. The minimum Gasteiger partial charge on any atom is -0.310 e. The summed E-state index contributed by atoms with van der Waals surface area (Å²) in [6.45, 7) is 8.61. The molecule has 0 amide bonds. The van der Waals surface area contributed by atoms with Gasteiger partial charge in [-0.15, -0.1) is 11.3 Å². The third-order valence-electron chi connectivity index (χ3n) is 2.08. The minimum absolute atomic E-state index is 0.818. The Hall–Kier alpha value is -0.410. The summed E-state index contributed by atoms with van der Waals surface area (Å²) in [5, 5.41) is 6.72. The molecule has 2 nitrogen and oxygen atoms in total. The van der Waals surface area contributed by atoms with Gasteiger partial charge < -0.3 is 5.32 Å². The van der Waals surface area contributed by atoms with Crippen molar-refractivity contribution in [1.29, 1.82) is 0 Å². The third kappa shape index (κ3) is 4.72. The van der Waals surface area contributed by atoms with Gasteiger partial charge in [-0.3, -0.25) is 0 Å². The molecule has 0 atom stereocenters. The van der Waals surface area contributed by atoms with Gasteiger partial charge in [0.1, 0.15) is 5.01 Å². The van der Waals surface area contributed by atoms with Crippen molar-refractivity contribution < 1.29 is 0 Å². The van der Waals surface area contributed by atoms with Crippen LogP contribution in [0.5, 0.6) is 0 Å². The van der Waals surface area contributed by atoms with E-state index in [1.54, 1.807) is 11.3 Å². The Kier molecular flexibility index (Phi) is 5.12. The van der Waals surface area contributed by atoms with Gasteiger partial charge in [0.2, 0.25) is 0 Å². The summed E-state index contributed by atoms with van der Waals surface area (Å²) in [4.78, 5) is 4.40. The molecule has 1 rings (SSSR count). The zero-order valence-corrected chi connectivity index (χ0v) is 10.2. The molecule has 1 aromatic rings. The molecule has 0 saturated heterocycles. The first kappa shape index (κ1) is 11.7. The molecule has 0 aliphatic rings. The molecule has 80 valence electrons. The van der Waals surface area contributed by atoms with E-state index in [-0.39, 0.29) is 0 Å². The molecule has 0 saturated carbocycles. The molecule has 0 unspecified atom stereocenters. The van der Waals surface area contributed by atoms with Crippen LogP contribution >= 0.6 is 11.3 Å². The fraction of sp³-hybridized carbons (Fsp3) is 0.727. The van der Waals surface area contributed by atoms with Gasteiger partial charge in [-0.05, 0) is 32.2 Å². The average Bonchev–Trinajstić information content (AvgIpc) is 2.50. The Morgan fingerprint density at radius 2 is 2.29 bits per heavy atom. The second kappa shape index (κ2) is 6.14. The predicted molar refractivity (Wildman–Crippen MR) is 62.6 cm³/mol. The molecule has 1 aromatic heterocycles. The van der Waals surface area contributed by atoms with Crippen LogP contribution in [0.25, 0.3) is 0 Å². The first-order chi connectivity index (χ1) is 6.68. The SMILES string of the molecule is Cc1csc(CNCCCC(C)C)n1. The van der Waals surface area contributed by atoms with Gasteiger partial charge in [0.25, 0.3) is 0 Å². The molecule has 3 heteroatoms. The van der Waals surface area contributed by atoms with E-state index in [0.717, 1.165) is 24.7 Å². The molecule has 14 heavy (non-hydrogen) atoms. The fourth-order valence-corrected chi connectivity index (χ4v) is 2.06. The van der Waals surface area contributed by atoms with Crippen molar-refractivity contribution in [3.63, 3.8) is 0 Å². The van der Waals surface area contributed by atoms with E-state index in [1.165, 1.54) is 17.8 Å². The van der Waals surface area contributed by atoms with Gasteiger partial charge >= 0.3 is 0 Å². The molecule has 1 N–H and O–H groups in total. The van der Waals surface area contributed by atoms with E-state index in [4.69, 9.17) is 0 Å². The molecule has 0 spiro atoms. The summed E-state index contributed by atoms with van der Waals surface area (Å²) in [5.74, 6) is 0.818. The van der Waals surface area contributed by atoms with Gasteiger partial charge in [0.05, 0.1) is 0 Å². The second-order valence-corrected chi connectivity index (χ2v) is 5.04. The molecule has 0 aliphatic carbocycles. The lowest BCUT2D eigenvalue weighted by atomic mass is 10.1. The van der Waals surface area contributed by atoms with Gasteiger partial charge in [-0.2, -0.15) is 0 Å². The van der Waals surface area contributed by atoms with Crippen LogP contribution in [-0.2, 0) is 6.54 Å². The summed E-state index contributed by atoms with van der Waals surface area (Å²) in [6.07, 6.45) is 2.58. The molecule has 0 aliphatic heterocycles. The number of hydrogen-bond donors (Lipinski definition) is 1. The standard InChI is InChI=1S/C11H20N2S/c1-9(2)5-4-6-12-7-11-13-10(3)8-14-11/h8-9,12H,4-7H2,1-3H3. The van der Waals surface area contributed by atoms with Crippen LogP contribution in [0.3, 0.4) is 0 Å². The van der Waals surface area contributed by atoms with E-state index in [0.29, 0.717) is 0 Å². The van der Waals surface area contributed by atoms with Gasteiger partial charge in [0.15, 0.2) is 0 Å². The summed E-state index contributed by atoms with van der Waals surface area (Å²) >= 11 is 1.74. The minimum atomic E-state index is 0.818. The van der Waals surface area contributed by atoms with E-state index in [2.05, 4.69) is 29.5 Å². The Labute approximate surface area is 90.8 Å². The van der Waals surface area contributed by atoms with E-state index in [9.17, 15) is 0 Å². The first-order valence-corrected chi connectivity index (χ1v) is 6.18. The highest BCUT2D eigenvalue weighted by Gasteiger charge is 1.98.